The molecule has 0 radical (unpaired) electrons. The van der Waals surface area contributed by atoms with Crippen molar-refractivity contribution in [2.45, 2.75) is 12.8 Å². The molecule has 3 aromatic carbocycles. The highest BCUT2D eigenvalue weighted by atomic mass is 35.5. The van der Waals surface area contributed by atoms with E-state index >= 15 is 0 Å². The van der Waals surface area contributed by atoms with E-state index in [4.69, 9.17) is 21.1 Å². The van der Waals surface area contributed by atoms with Gasteiger partial charge in [-0.25, -0.2) is 0 Å². The lowest BCUT2D eigenvalue weighted by Crippen LogP contribution is -2.24. The molecule has 1 aliphatic heterocycles. The van der Waals surface area contributed by atoms with Crippen LogP contribution in [-0.4, -0.2) is 32.6 Å². The van der Waals surface area contributed by atoms with E-state index in [1.54, 1.807) is 43.4 Å². The number of carbonyl (C=O) groups is 2. The van der Waals surface area contributed by atoms with Crippen molar-refractivity contribution in [3.05, 3.63) is 71.2 Å². The van der Waals surface area contributed by atoms with Gasteiger partial charge in [0.25, 0.3) is 5.91 Å². The second kappa shape index (κ2) is 9.32. The van der Waals surface area contributed by atoms with Gasteiger partial charge in [-0.2, -0.15) is 0 Å². The third-order valence-electron chi connectivity index (χ3n) is 5.43. The maximum Gasteiger partial charge on any atom is 0.255 e. The molecule has 1 fully saturated rings. The average molecular weight is 451 g/mol. The van der Waals surface area contributed by atoms with Gasteiger partial charge in [-0.1, -0.05) is 23.7 Å². The maximum atomic E-state index is 13.0. The molecule has 1 saturated heterocycles. The Bertz CT molecular complexity index is 1160. The number of hydrogen-bond donors (Lipinski definition) is 1. The number of nitrogens with one attached hydrogen (secondary N) is 1. The number of hydrogen-bond acceptors (Lipinski definition) is 4. The third-order valence-corrected chi connectivity index (χ3v) is 5.75. The zero-order valence-corrected chi connectivity index (χ0v) is 18.6. The molecule has 0 bridgehead atoms. The van der Waals surface area contributed by atoms with E-state index in [1.165, 1.54) is 0 Å². The summed E-state index contributed by atoms with van der Waals surface area (Å²) in [5, 5.41) is 3.37. The zero-order chi connectivity index (χ0) is 22.7. The molecule has 0 aliphatic carbocycles. The SMILES string of the molecule is COc1ccc(-c2cc(NC(=O)c3ccc(Cl)c(N4CCCC4=O)c3)ccc2OC)cc1. The van der Waals surface area contributed by atoms with Crippen molar-refractivity contribution < 1.29 is 19.1 Å². The van der Waals surface area contributed by atoms with Gasteiger partial charge in [0.1, 0.15) is 11.5 Å². The topological polar surface area (TPSA) is 67.9 Å². The smallest absolute Gasteiger partial charge is 0.255 e. The summed E-state index contributed by atoms with van der Waals surface area (Å²) in [6, 6.07) is 18.0. The van der Waals surface area contributed by atoms with Crippen molar-refractivity contribution in [3.8, 4) is 22.6 Å². The van der Waals surface area contributed by atoms with Gasteiger partial charge in [0, 0.05) is 29.8 Å². The van der Waals surface area contributed by atoms with Crippen LogP contribution in [0.2, 0.25) is 5.02 Å². The van der Waals surface area contributed by atoms with Crippen LogP contribution in [-0.2, 0) is 4.79 Å². The van der Waals surface area contributed by atoms with Crippen molar-refractivity contribution in [1.82, 2.24) is 0 Å². The van der Waals surface area contributed by atoms with Gasteiger partial charge in [-0.05, 0) is 60.5 Å². The van der Waals surface area contributed by atoms with Crippen LogP contribution >= 0.6 is 11.6 Å². The van der Waals surface area contributed by atoms with E-state index < -0.39 is 0 Å². The normalized spacial score (nSPS) is 13.2. The molecule has 1 heterocycles. The first kappa shape index (κ1) is 21.7. The molecule has 0 aromatic heterocycles. The van der Waals surface area contributed by atoms with E-state index in [1.807, 2.05) is 36.4 Å². The van der Waals surface area contributed by atoms with E-state index in [2.05, 4.69) is 5.32 Å². The maximum absolute atomic E-state index is 13.0. The number of nitrogens with zero attached hydrogens (tertiary/aromatic N) is 1. The summed E-state index contributed by atoms with van der Waals surface area (Å²) in [6.07, 6.45) is 1.28. The second-order valence-electron chi connectivity index (χ2n) is 7.41. The van der Waals surface area contributed by atoms with Gasteiger partial charge in [-0.15, -0.1) is 0 Å². The molecule has 0 saturated carbocycles. The minimum atomic E-state index is -0.291. The van der Waals surface area contributed by atoms with Gasteiger partial charge < -0.3 is 19.7 Å². The summed E-state index contributed by atoms with van der Waals surface area (Å²) in [5.41, 5.74) is 3.38. The van der Waals surface area contributed by atoms with E-state index in [0.29, 0.717) is 40.7 Å². The monoisotopic (exact) mass is 450 g/mol. The minimum Gasteiger partial charge on any atom is -0.497 e. The minimum absolute atomic E-state index is 0.0174. The molecule has 6 nitrogen and oxygen atoms in total. The molecule has 0 unspecified atom stereocenters. The number of halogens is 1. The molecule has 1 N–H and O–H groups in total. The molecular weight excluding hydrogens is 428 g/mol. The highest BCUT2D eigenvalue weighted by Gasteiger charge is 2.24. The summed E-state index contributed by atoms with van der Waals surface area (Å²) in [4.78, 5) is 26.7. The molecule has 7 heteroatoms. The fraction of sp³-hybridized carbons (Fsp3) is 0.200. The van der Waals surface area contributed by atoms with Crippen molar-refractivity contribution >= 4 is 34.8 Å². The Morgan fingerprint density at radius 2 is 1.78 bits per heavy atom. The average Bonchev–Trinajstić information content (AvgIpc) is 3.25. The fourth-order valence-corrected chi connectivity index (χ4v) is 3.97. The van der Waals surface area contributed by atoms with Crippen LogP contribution < -0.4 is 19.7 Å². The molecule has 2 amide bonds. The number of anilines is 2. The summed E-state index contributed by atoms with van der Waals surface area (Å²) in [5.74, 6) is 1.17. The quantitative estimate of drug-likeness (QED) is 0.545. The molecule has 0 atom stereocenters. The Balaban J connectivity index is 1.60. The first-order chi connectivity index (χ1) is 15.5. The Kier molecular flexibility index (Phi) is 6.32. The van der Waals surface area contributed by atoms with E-state index in [9.17, 15) is 9.59 Å². The molecule has 164 valence electrons. The summed E-state index contributed by atoms with van der Waals surface area (Å²) in [7, 11) is 3.23. The number of rotatable bonds is 6. The van der Waals surface area contributed by atoms with Crippen LogP contribution in [0.25, 0.3) is 11.1 Å². The predicted molar refractivity (Wildman–Crippen MR) is 126 cm³/mol. The van der Waals surface area contributed by atoms with Crippen LogP contribution in [0.1, 0.15) is 23.2 Å². The Labute approximate surface area is 191 Å². The largest absolute Gasteiger partial charge is 0.497 e. The predicted octanol–water partition coefficient (Wildman–Crippen LogP) is 5.40. The third kappa shape index (κ3) is 4.41. The van der Waals surface area contributed by atoms with Crippen molar-refractivity contribution in [3.63, 3.8) is 0 Å². The van der Waals surface area contributed by atoms with Crippen LogP contribution in [0, 0.1) is 0 Å². The van der Waals surface area contributed by atoms with Gasteiger partial charge in [0.15, 0.2) is 0 Å². The number of ether oxygens (including phenoxy) is 2. The van der Waals surface area contributed by atoms with Crippen LogP contribution in [0.4, 0.5) is 11.4 Å². The highest BCUT2D eigenvalue weighted by Crippen LogP contribution is 2.34. The van der Waals surface area contributed by atoms with Crippen molar-refractivity contribution in [2.24, 2.45) is 0 Å². The lowest BCUT2D eigenvalue weighted by Gasteiger charge is -2.18. The lowest BCUT2D eigenvalue weighted by molar-refractivity contribution is -0.117. The summed E-state index contributed by atoms with van der Waals surface area (Å²) >= 11 is 6.30. The molecule has 1 aliphatic rings. The molecule has 4 rings (SSSR count). The number of amides is 2. The Morgan fingerprint density at radius 1 is 1.00 bits per heavy atom. The highest BCUT2D eigenvalue weighted by molar-refractivity contribution is 6.34. The van der Waals surface area contributed by atoms with Crippen LogP contribution in [0.15, 0.2) is 60.7 Å². The van der Waals surface area contributed by atoms with Gasteiger partial charge in [-0.3, -0.25) is 9.59 Å². The van der Waals surface area contributed by atoms with E-state index in [0.717, 1.165) is 23.3 Å². The standard InChI is InChI=1S/C25H23ClN2O4/c1-31-19-9-5-16(6-10-19)20-15-18(8-12-23(20)32-2)27-25(30)17-7-11-21(26)22(14-17)28-13-3-4-24(28)29/h5-12,14-15H,3-4,13H2,1-2H3,(H,27,30). The first-order valence-electron chi connectivity index (χ1n) is 10.2. The number of methoxy groups -OCH3 is 2. The molecule has 0 spiro atoms. The fourth-order valence-electron chi connectivity index (χ4n) is 3.75. The van der Waals surface area contributed by atoms with Crippen LogP contribution in [0.5, 0.6) is 11.5 Å². The van der Waals surface area contributed by atoms with E-state index in [-0.39, 0.29) is 11.8 Å². The summed E-state index contributed by atoms with van der Waals surface area (Å²) < 4.78 is 10.7. The van der Waals surface area contributed by atoms with Gasteiger partial charge in [0.2, 0.25) is 5.91 Å². The Hall–Kier alpha value is -3.51. The number of benzene rings is 3. The Morgan fingerprint density at radius 3 is 2.44 bits per heavy atom. The molecule has 32 heavy (non-hydrogen) atoms. The van der Waals surface area contributed by atoms with Gasteiger partial charge >= 0.3 is 0 Å². The lowest BCUT2D eigenvalue weighted by atomic mass is 10.0. The van der Waals surface area contributed by atoms with Crippen molar-refractivity contribution in [1.29, 1.82) is 0 Å². The molecule has 3 aromatic rings. The first-order valence-corrected chi connectivity index (χ1v) is 10.6. The number of carbonyl (C=O) groups excluding carboxylic acids is 2. The van der Waals surface area contributed by atoms with Gasteiger partial charge in [0.05, 0.1) is 24.9 Å². The second-order valence-corrected chi connectivity index (χ2v) is 7.82. The zero-order valence-electron chi connectivity index (χ0n) is 17.9. The summed E-state index contributed by atoms with van der Waals surface area (Å²) in [6.45, 7) is 0.604. The molecular formula is C25H23ClN2O4. The van der Waals surface area contributed by atoms with Crippen molar-refractivity contribution in [2.75, 3.05) is 31.0 Å². The van der Waals surface area contributed by atoms with Crippen LogP contribution in [0.3, 0.4) is 0 Å².